The van der Waals surface area contributed by atoms with E-state index in [9.17, 15) is 13.2 Å². The van der Waals surface area contributed by atoms with Gasteiger partial charge in [-0.25, -0.2) is 0 Å². The van der Waals surface area contributed by atoms with E-state index >= 15 is 0 Å². The van der Waals surface area contributed by atoms with Crippen molar-refractivity contribution in [1.29, 1.82) is 0 Å². The van der Waals surface area contributed by atoms with Gasteiger partial charge >= 0.3 is 6.18 Å². The summed E-state index contributed by atoms with van der Waals surface area (Å²) in [5, 5.41) is -1.27. The molecule has 1 heterocycles. The predicted molar refractivity (Wildman–Crippen MR) is 71.1 cm³/mol. The third-order valence-electron chi connectivity index (χ3n) is 4.99. The lowest BCUT2D eigenvalue weighted by atomic mass is 9.30. The summed E-state index contributed by atoms with van der Waals surface area (Å²) >= 11 is 0. The van der Waals surface area contributed by atoms with Crippen molar-refractivity contribution in [3.05, 3.63) is 0 Å². The lowest BCUT2D eigenvalue weighted by molar-refractivity contribution is -0.226. The van der Waals surface area contributed by atoms with Gasteiger partial charge in [0.05, 0.1) is 13.3 Å². The Morgan fingerprint density at radius 2 is 1.83 bits per heavy atom. The maximum Gasteiger partial charge on any atom is 0.393 e. The summed E-state index contributed by atoms with van der Waals surface area (Å²) in [4.78, 5) is 0. The molecule has 0 spiro atoms. The zero-order valence-electron chi connectivity index (χ0n) is 11.8. The van der Waals surface area contributed by atoms with Crippen molar-refractivity contribution in [2.45, 2.75) is 71.1 Å². The van der Waals surface area contributed by atoms with Crippen LogP contribution in [0.25, 0.3) is 0 Å². The van der Waals surface area contributed by atoms with Crippen LogP contribution in [0.3, 0.4) is 0 Å². The highest BCUT2D eigenvalue weighted by Crippen LogP contribution is 2.67. The molecule has 1 saturated heterocycles. The lowest BCUT2D eigenvalue weighted by Crippen LogP contribution is -2.51. The maximum atomic E-state index is 13.3. The van der Waals surface area contributed by atoms with Gasteiger partial charge in [-0.3, -0.25) is 0 Å². The fourth-order valence-electron chi connectivity index (χ4n) is 3.21. The number of alkyl halides is 3. The average Bonchev–Trinajstić information content (AvgIpc) is 2.53. The van der Waals surface area contributed by atoms with Crippen molar-refractivity contribution in [3.8, 4) is 0 Å². The van der Waals surface area contributed by atoms with Crippen LogP contribution < -0.4 is 0 Å². The van der Waals surface area contributed by atoms with E-state index in [0.29, 0.717) is 6.32 Å². The molecule has 0 aromatic carbocycles. The third kappa shape index (κ3) is 2.22. The Hall–Kier alpha value is -0.0801. The summed E-state index contributed by atoms with van der Waals surface area (Å²) < 4.78 is 39.9. The first-order chi connectivity index (χ1) is 8.02. The minimum absolute atomic E-state index is 0.456. The maximum absolute atomic E-state index is 13.3. The van der Waals surface area contributed by atoms with E-state index in [4.69, 9.17) is 7.85 Å². The summed E-state index contributed by atoms with van der Waals surface area (Å²) in [5.41, 5.74) is -2.35. The second-order valence-electron chi connectivity index (χ2n) is 6.40. The molecule has 0 amide bonds. The molecule has 1 aliphatic rings. The van der Waals surface area contributed by atoms with E-state index < -0.39 is 22.2 Å². The third-order valence-corrected chi connectivity index (χ3v) is 4.99. The largest absolute Gasteiger partial charge is 0.393 e. The normalized spacial score (nSPS) is 33.5. The number of hydrogen-bond acceptors (Lipinski definition) is 0. The van der Waals surface area contributed by atoms with Crippen LogP contribution in [-0.4, -0.2) is 21.3 Å². The molecular formula is C13H22B2F3. The van der Waals surface area contributed by atoms with E-state index in [1.165, 1.54) is 13.8 Å². The molecule has 0 aromatic rings. The van der Waals surface area contributed by atoms with Crippen LogP contribution in [0.4, 0.5) is 13.2 Å². The first-order valence-corrected chi connectivity index (χ1v) is 6.72. The Morgan fingerprint density at radius 3 is 2.28 bits per heavy atom. The van der Waals surface area contributed by atoms with Gasteiger partial charge in [0.15, 0.2) is 0 Å². The zero-order chi connectivity index (χ0) is 14.2. The Kier molecular flexibility index (Phi) is 4.25. The molecule has 0 saturated carbocycles. The first-order valence-electron chi connectivity index (χ1n) is 6.72. The molecule has 2 atom stereocenters. The van der Waals surface area contributed by atoms with Crippen molar-refractivity contribution in [3.63, 3.8) is 0 Å². The van der Waals surface area contributed by atoms with Crippen LogP contribution in [0.2, 0.25) is 11.5 Å². The second-order valence-corrected chi connectivity index (χ2v) is 6.40. The smallest absolute Gasteiger partial charge is 0.171 e. The molecule has 0 nitrogen and oxygen atoms in total. The van der Waals surface area contributed by atoms with Gasteiger partial charge < -0.3 is 0 Å². The molecule has 18 heavy (non-hydrogen) atoms. The highest BCUT2D eigenvalue weighted by molar-refractivity contribution is 6.55. The van der Waals surface area contributed by atoms with Gasteiger partial charge in [-0.05, 0) is 11.8 Å². The molecule has 0 aliphatic carbocycles. The van der Waals surface area contributed by atoms with E-state index in [2.05, 4.69) is 6.92 Å². The molecule has 0 bridgehead atoms. The monoisotopic (exact) mass is 257 g/mol. The van der Waals surface area contributed by atoms with Crippen molar-refractivity contribution < 1.29 is 13.2 Å². The number of hydrogen-bond donors (Lipinski definition) is 0. The van der Waals surface area contributed by atoms with Crippen molar-refractivity contribution in [2.24, 2.45) is 10.8 Å². The van der Waals surface area contributed by atoms with Gasteiger partial charge in [0.1, 0.15) is 7.28 Å². The molecule has 1 fully saturated rings. The molecule has 5 heteroatoms. The van der Waals surface area contributed by atoms with Crippen LogP contribution in [0.15, 0.2) is 0 Å². The molecule has 101 valence electrons. The molecule has 0 N–H and O–H groups in total. The number of rotatable bonds is 4. The van der Waals surface area contributed by atoms with E-state index in [0.717, 1.165) is 25.7 Å². The fourth-order valence-corrected chi connectivity index (χ4v) is 3.21. The Bertz CT molecular complexity index is 301. The fraction of sp³-hybridized carbons (Fsp3) is 1.00. The van der Waals surface area contributed by atoms with E-state index in [1.807, 2.05) is 6.92 Å². The van der Waals surface area contributed by atoms with E-state index in [1.54, 1.807) is 7.28 Å². The number of unbranched alkanes of at least 4 members (excludes halogenated alkanes) is 1. The second kappa shape index (κ2) is 4.79. The zero-order valence-corrected chi connectivity index (χ0v) is 11.8. The Labute approximate surface area is 111 Å². The molecule has 3 radical (unpaired) electrons. The first kappa shape index (κ1) is 16.0. The highest BCUT2D eigenvalue weighted by Gasteiger charge is 2.64. The van der Waals surface area contributed by atoms with Crippen LogP contribution in [0, 0.1) is 10.8 Å². The molecule has 1 rings (SSSR count). The summed E-state index contributed by atoms with van der Waals surface area (Å²) in [6.45, 7) is 6.44. The van der Waals surface area contributed by atoms with Crippen molar-refractivity contribution >= 4 is 15.1 Å². The minimum atomic E-state index is -4.28. The topological polar surface area (TPSA) is 0 Å². The summed E-state index contributed by atoms with van der Waals surface area (Å²) in [6, 6.07) is 0. The quantitative estimate of drug-likeness (QED) is 0.646. The van der Waals surface area contributed by atoms with Gasteiger partial charge in [-0.2, -0.15) is 13.2 Å². The lowest BCUT2D eigenvalue weighted by Gasteiger charge is -2.53. The van der Waals surface area contributed by atoms with Crippen LogP contribution in [0.5, 0.6) is 0 Å². The van der Waals surface area contributed by atoms with Crippen LogP contribution >= 0.6 is 0 Å². The molecule has 1 aliphatic heterocycles. The van der Waals surface area contributed by atoms with Gasteiger partial charge in [0.25, 0.3) is 0 Å². The van der Waals surface area contributed by atoms with Gasteiger partial charge in [-0.15, -0.1) is 0 Å². The van der Waals surface area contributed by atoms with Crippen molar-refractivity contribution in [2.75, 3.05) is 0 Å². The van der Waals surface area contributed by atoms with Gasteiger partial charge in [0.2, 0.25) is 0 Å². The van der Waals surface area contributed by atoms with Gasteiger partial charge in [0, 0.05) is 0 Å². The Balaban J connectivity index is 3.10. The summed E-state index contributed by atoms with van der Waals surface area (Å²) in [5.74, 6) is 0. The van der Waals surface area contributed by atoms with Gasteiger partial charge in [-0.1, -0.05) is 58.5 Å². The average molecular weight is 257 g/mol. The molecule has 0 aromatic heterocycles. The summed E-state index contributed by atoms with van der Waals surface area (Å²) in [6.07, 6.45) is -0.180. The number of halogens is 3. The predicted octanol–water partition coefficient (Wildman–Crippen LogP) is 4.58. The summed E-state index contributed by atoms with van der Waals surface area (Å²) in [7, 11) is 7.97. The van der Waals surface area contributed by atoms with Crippen molar-refractivity contribution in [1.82, 2.24) is 0 Å². The highest BCUT2D eigenvalue weighted by atomic mass is 19.4. The SMILES string of the molecule is [B]C1(C(C)(C)C(F)(F)F)[B]CCC1(C)CCCC. The van der Waals surface area contributed by atoms with E-state index in [-0.39, 0.29) is 0 Å². The van der Waals surface area contributed by atoms with Crippen LogP contribution in [0.1, 0.15) is 53.4 Å². The molecule has 2 unspecified atom stereocenters. The standard InChI is InChI=1S/C13H22B2F3/c1-5-6-7-11(4)8-9-15-12(11,14)10(2,3)13(16,17)18/h5-9H2,1-4H3. The molecular weight excluding hydrogens is 235 g/mol. The van der Waals surface area contributed by atoms with Crippen LogP contribution in [-0.2, 0) is 0 Å². The minimum Gasteiger partial charge on any atom is -0.171 e. The Morgan fingerprint density at radius 1 is 1.28 bits per heavy atom.